The zero-order chi connectivity index (χ0) is 25.8. The molecule has 0 bridgehead atoms. The van der Waals surface area contributed by atoms with Crippen molar-refractivity contribution in [2.24, 2.45) is 5.73 Å². The number of fused-ring (bicyclic) bond motifs is 1. The molecule has 2 aromatic rings. The van der Waals surface area contributed by atoms with Crippen molar-refractivity contribution in [3.05, 3.63) is 6.33 Å². The highest BCUT2D eigenvalue weighted by molar-refractivity contribution is 5.90. The Labute approximate surface area is 217 Å². The second-order valence-electron chi connectivity index (χ2n) is 10.5. The summed E-state index contributed by atoms with van der Waals surface area (Å²) in [5.41, 5.74) is 7.75. The third-order valence-corrected chi connectivity index (χ3v) is 7.85. The van der Waals surface area contributed by atoms with Gasteiger partial charge in [-0.1, -0.05) is 12.8 Å². The second kappa shape index (κ2) is 11.5. The molecule has 2 aromatic heterocycles. The van der Waals surface area contributed by atoms with E-state index in [0.717, 1.165) is 68.3 Å². The van der Waals surface area contributed by atoms with E-state index in [4.69, 9.17) is 25.4 Å². The van der Waals surface area contributed by atoms with E-state index in [1.54, 1.807) is 11.8 Å². The number of rotatable bonds is 6. The van der Waals surface area contributed by atoms with Crippen LogP contribution in [0.2, 0.25) is 0 Å². The molecule has 202 valence electrons. The monoisotopic (exact) mass is 513 g/mol. The van der Waals surface area contributed by atoms with Gasteiger partial charge in [0.15, 0.2) is 17.0 Å². The van der Waals surface area contributed by atoms with Crippen LogP contribution in [-0.2, 0) is 4.74 Å². The van der Waals surface area contributed by atoms with Crippen molar-refractivity contribution < 1.29 is 14.3 Å². The number of imidazole rings is 1. The number of nitrogens with two attached hydrogens (primary N) is 1. The Bertz CT molecular complexity index is 1080. The van der Waals surface area contributed by atoms with Crippen molar-refractivity contribution >= 4 is 35.1 Å². The van der Waals surface area contributed by atoms with Crippen LogP contribution in [0.25, 0.3) is 11.2 Å². The topological polar surface area (TPSA) is 152 Å². The quantitative estimate of drug-likeness (QED) is 0.455. The fraction of sp³-hybridized carbons (Fsp3) is 0.720. The van der Waals surface area contributed by atoms with E-state index in [-0.39, 0.29) is 18.7 Å². The summed E-state index contributed by atoms with van der Waals surface area (Å²) in [7, 11) is 0. The number of urea groups is 1. The maximum absolute atomic E-state index is 12.3. The number of carbonyl (C=O) groups is 2. The number of likely N-dealkylation sites (tertiary alicyclic amines) is 1. The number of carbonyl (C=O) groups excluding carboxylic acids is 2. The van der Waals surface area contributed by atoms with Gasteiger partial charge < -0.3 is 30.6 Å². The average molecular weight is 514 g/mol. The molecule has 0 aromatic carbocycles. The number of ether oxygens (including phenoxy) is 1. The van der Waals surface area contributed by atoms with E-state index < -0.39 is 12.1 Å². The molecular weight excluding hydrogens is 474 g/mol. The molecule has 0 unspecified atom stereocenters. The van der Waals surface area contributed by atoms with E-state index in [0.29, 0.717) is 31.1 Å². The van der Waals surface area contributed by atoms with Crippen LogP contribution < -0.4 is 21.7 Å². The summed E-state index contributed by atoms with van der Waals surface area (Å²) < 4.78 is 7.03. The van der Waals surface area contributed by atoms with E-state index in [9.17, 15) is 9.59 Å². The van der Waals surface area contributed by atoms with E-state index in [2.05, 4.69) is 20.5 Å². The van der Waals surface area contributed by atoms with Crippen molar-refractivity contribution in [3.8, 4) is 0 Å². The van der Waals surface area contributed by atoms with Gasteiger partial charge in [-0.3, -0.25) is 0 Å². The highest BCUT2D eigenvalue weighted by Gasteiger charge is 2.27. The molecule has 0 radical (unpaired) electrons. The van der Waals surface area contributed by atoms with Gasteiger partial charge in [0.05, 0.1) is 12.9 Å². The molecule has 12 nitrogen and oxygen atoms in total. The Morgan fingerprint density at radius 3 is 2.41 bits per heavy atom. The van der Waals surface area contributed by atoms with Crippen LogP contribution in [0.3, 0.4) is 0 Å². The van der Waals surface area contributed by atoms with Gasteiger partial charge in [-0.25, -0.2) is 19.9 Å². The molecule has 0 spiro atoms. The lowest BCUT2D eigenvalue weighted by atomic mass is 9.92. The third kappa shape index (κ3) is 6.06. The van der Waals surface area contributed by atoms with Crippen molar-refractivity contribution in [1.29, 1.82) is 0 Å². The Kier molecular flexibility index (Phi) is 7.92. The molecule has 37 heavy (non-hydrogen) atoms. The van der Waals surface area contributed by atoms with Crippen LogP contribution in [0.15, 0.2) is 6.33 Å². The summed E-state index contributed by atoms with van der Waals surface area (Å²) >= 11 is 0. The number of anilines is 2. The maximum Gasteiger partial charge on any atom is 0.415 e. The number of aromatic nitrogens is 4. The largest absolute Gasteiger partial charge is 0.450 e. The number of nitrogens with one attached hydrogen (secondary N) is 3. The number of imide groups is 1. The van der Waals surface area contributed by atoms with Crippen LogP contribution in [0, 0.1) is 0 Å². The molecule has 5 rings (SSSR count). The lowest BCUT2D eigenvalue weighted by Gasteiger charge is -2.32. The van der Waals surface area contributed by atoms with Gasteiger partial charge in [-0.15, -0.1) is 0 Å². The smallest absolute Gasteiger partial charge is 0.415 e. The predicted molar refractivity (Wildman–Crippen MR) is 140 cm³/mol. The predicted octanol–water partition coefficient (Wildman–Crippen LogP) is 3.37. The first-order valence-electron chi connectivity index (χ1n) is 13.8. The Hall–Kier alpha value is -3.15. The first-order valence-corrected chi connectivity index (χ1v) is 13.8. The zero-order valence-corrected chi connectivity index (χ0v) is 21.6. The van der Waals surface area contributed by atoms with Gasteiger partial charge >= 0.3 is 12.1 Å². The molecule has 2 aliphatic carbocycles. The molecule has 3 fully saturated rings. The number of hydrogen-bond acceptors (Lipinski definition) is 9. The molecule has 3 heterocycles. The van der Waals surface area contributed by atoms with Crippen LogP contribution in [-0.4, -0.2) is 74.4 Å². The number of alkyl carbamates (subject to hydrolysis) is 1. The zero-order valence-electron chi connectivity index (χ0n) is 21.6. The first kappa shape index (κ1) is 25.5. The summed E-state index contributed by atoms with van der Waals surface area (Å²) in [6.07, 6.45) is 11.5. The molecule has 1 saturated heterocycles. The van der Waals surface area contributed by atoms with Gasteiger partial charge in [0.25, 0.3) is 0 Å². The highest BCUT2D eigenvalue weighted by atomic mass is 16.5. The minimum absolute atomic E-state index is 0.127. The van der Waals surface area contributed by atoms with Gasteiger partial charge in [-0.2, -0.15) is 9.97 Å². The molecular formula is C25H39N9O3. The third-order valence-electron chi connectivity index (χ3n) is 7.85. The highest BCUT2D eigenvalue weighted by Crippen LogP contribution is 2.33. The van der Waals surface area contributed by atoms with Crippen LogP contribution in [0.4, 0.5) is 21.4 Å². The minimum atomic E-state index is -0.714. The van der Waals surface area contributed by atoms with Gasteiger partial charge in [0, 0.05) is 37.3 Å². The van der Waals surface area contributed by atoms with Crippen molar-refractivity contribution in [1.82, 2.24) is 29.7 Å². The van der Waals surface area contributed by atoms with Crippen molar-refractivity contribution in [2.75, 3.05) is 30.3 Å². The normalized spacial score (nSPS) is 23.2. The molecule has 0 atom stereocenters. The number of piperidine rings is 1. The Morgan fingerprint density at radius 1 is 1.00 bits per heavy atom. The minimum Gasteiger partial charge on any atom is -0.450 e. The summed E-state index contributed by atoms with van der Waals surface area (Å²) in [5, 5.41) is 9.44. The van der Waals surface area contributed by atoms with Gasteiger partial charge in [0.2, 0.25) is 5.95 Å². The van der Waals surface area contributed by atoms with Crippen molar-refractivity contribution in [2.45, 2.75) is 95.3 Å². The fourth-order valence-corrected chi connectivity index (χ4v) is 5.73. The summed E-state index contributed by atoms with van der Waals surface area (Å²) in [6, 6.07) is 0.730. The SMILES string of the molecule is CCOC(=O)NC(=O)N1CCC(Nc2nc(N[C@H]3CC[C@H](N)CC3)nc3c2ncn3C2CCCC2)CC1. The average Bonchev–Trinajstić information content (AvgIpc) is 3.56. The van der Waals surface area contributed by atoms with E-state index in [1.165, 1.54) is 12.8 Å². The van der Waals surface area contributed by atoms with Gasteiger partial charge in [-0.05, 0) is 58.3 Å². The van der Waals surface area contributed by atoms with Crippen LogP contribution in [0.5, 0.6) is 0 Å². The fourth-order valence-electron chi connectivity index (χ4n) is 5.73. The number of amides is 3. The summed E-state index contributed by atoms with van der Waals surface area (Å²) in [4.78, 5) is 40.1. The maximum atomic E-state index is 12.3. The van der Waals surface area contributed by atoms with Crippen molar-refractivity contribution in [3.63, 3.8) is 0 Å². The molecule has 3 aliphatic rings. The number of nitrogens with zero attached hydrogens (tertiary/aromatic N) is 5. The second-order valence-corrected chi connectivity index (χ2v) is 10.5. The molecule has 5 N–H and O–H groups in total. The van der Waals surface area contributed by atoms with E-state index >= 15 is 0 Å². The van der Waals surface area contributed by atoms with E-state index in [1.807, 2.05) is 6.33 Å². The molecule has 3 amide bonds. The molecule has 12 heteroatoms. The molecule has 2 saturated carbocycles. The Morgan fingerprint density at radius 2 is 1.70 bits per heavy atom. The summed E-state index contributed by atoms with van der Waals surface area (Å²) in [6.45, 7) is 2.98. The first-order chi connectivity index (χ1) is 18.0. The standard InChI is InChI=1S/C25H39N9O3/c1-2-37-25(36)32-24(35)33-13-11-18(12-14-33)28-21-20-22(34(15-27-20)19-5-3-4-6-19)31-23(30-21)29-17-9-7-16(26)8-10-17/h15-19H,2-14,26H2,1H3,(H,32,35,36)(H2,28,29,30,31)/t16-,17-. The van der Waals surface area contributed by atoms with Crippen LogP contribution in [0.1, 0.15) is 77.2 Å². The lowest BCUT2D eigenvalue weighted by molar-refractivity contribution is 0.144. The Balaban J connectivity index is 1.30. The van der Waals surface area contributed by atoms with Gasteiger partial charge in [0.1, 0.15) is 0 Å². The van der Waals surface area contributed by atoms with Crippen LogP contribution >= 0.6 is 0 Å². The lowest BCUT2D eigenvalue weighted by Crippen LogP contribution is -2.48. The number of hydrogen-bond donors (Lipinski definition) is 4. The summed E-state index contributed by atoms with van der Waals surface area (Å²) in [5.74, 6) is 1.35. The molecule has 1 aliphatic heterocycles.